The lowest BCUT2D eigenvalue weighted by Crippen LogP contribution is -2.29. The Morgan fingerprint density at radius 2 is 2.14 bits per heavy atom. The normalized spacial score (nSPS) is 27.4. The molecule has 4 nitrogen and oxygen atoms in total. The maximum Gasteiger partial charge on any atom is 0.310 e. The van der Waals surface area contributed by atoms with Crippen LogP contribution in [0.5, 0.6) is 0 Å². The van der Waals surface area contributed by atoms with Gasteiger partial charge >= 0.3 is 5.97 Å². The Morgan fingerprint density at radius 1 is 1.50 bits per heavy atom. The number of hydrogen-bond acceptors (Lipinski definition) is 4. The molecule has 0 amide bonds. The topological polar surface area (TPSA) is 55.4 Å². The van der Waals surface area contributed by atoms with Crippen molar-refractivity contribution >= 4 is 12.3 Å². The van der Waals surface area contributed by atoms with E-state index in [0.717, 1.165) is 6.29 Å². The second-order valence-electron chi connectivity index (χ2n) is 4.62. The fourth-order valence-corrected chi connectivity index (χ4v) is 1.44. The predicted octanol–water partition coefficient (Wildman–Crippen LogP) is 0.505. The Morgan fingerprint density at radius 3 is 2.57 bits per heavy atom. The van der Waals surface area contributed by atoms with Crippen molar-refractivity contribution in [3.63, 3.8) is 0 Å². The average Bonchev–Trinajstić information content (AvgIpc) is 2.48. The molecule has 1 aliphatic heterocycles. The van der Waals surface area contributed by atoms with E-state index in [1.807, 2.05) is 20.8 Å². The number of ether oxygens (including phenoxy) is 1. The molecule has 0 bridgehead atoms. The molecule has 0 aliphatic carbocycles. The molecule has 1 fully saturated rings. The first kappa shape index (κ1) is 11.2. The lowest BCUT2D eigenvalue weighted by Gasteiger charge is -2.21. The van der Waals surface area contributed by atoms with Crippen molar-refractivity contribution in [3.05, 3.63) is 0 Å². The van der Waals surface area contributed by atoms with Gasteiger partial charge in [-0.3, -0.25) is 4.79 Å². The minimum Gasteiger partial charge on any atom is -0.460 e. The zero-order valence-electron chi connectivity index (χ0n) is 8.87. The van der Waals surface area contributed by atoms with Crippen molar-refractivity contribution in [1.29, 1.82) is 0 Å². The first-order valence-electron chi connectivity index (χ1n) is 4.84. The summed E-state index contributed by atoms with van der Waals surface area (Å²) in [6.45, 7) is 6.05. The first-order chi connectivity index (χ1) is 6.42. The largest absolute Gasteiger partial charge is 0.460 e. The molecule has 1 rings (SSSR count). The first-order valence-corrected chi connectivity index (χ1v) is 4.84. The van der Waals surface area contributed by atoms with Crippen molar-refractivity contribution in [2.75, 3.05) is 6.54 Å². The summed E-state index contributed by atoms with van der Waals surface area (Å²) >= 11 is 0. The number of esters is 1. The lowest BCUT2D eigenvalue weighted by molar-refractivity contribution is -0.159. The van der Waals surface area contributed by atoms with Crippen LogP contribution in [0.2, 0.25) is 0 Å². The number of rotatable bonds is 2. The van der Waals surface area contributed by atoms with Crippen LogP contribution in [-0.2, 0) is 14.3 Å². The summed E-state index contributed by atoms with van der Waals surface area (Å²) in [5.41, 5.74) is -0.448. The summed E-state index contributed by atoms with van der Waals surface area (Å²) in [4.78, 5) is 22.0. The van der Waals surface area contributed by atoms with Crippen LogP contribution in [0, 0.1) is 5.92 Å². The molecule has 1 unspecified atom stereocenters. The Bertz CT molecular complexity index is 232. The zero-order chi connectivity index (χ0) is 10.8. The Labute approximate surface area is 84.0 Å². The number of aldehydes is 1. The quantitative estimate of drug-likeness (QED) is 0.520. The highest BCUT2D eigenvalue weighted by Crippen LogP contribution is 2.18. The molecule has 1 heterocycles. The van der Waals surface area contributed by atoms with Gasteiger partial charge < -0.3 is 14.8 Å². The number of carbonyl (C=O) groups is 2. The van der Waals surface area contributed by atoms with Crippen LogP contribution in [0.1, 0.15) is 27.2 Å². The monoisotopic (exact) mass is 199 g/mol. The molecule has 0 aromatic carbocycles. The van der Waals surface area contributed by atoms with E-state index in [-0.39, 0.29) is 17.9 Å². The van der Waals surface area contributed by atoms with E-state index in [0.29, 0.717) is 13.0 Å². The molecule has 0 aromatic rings. The van der Waals surface area contributed by atoms with Gasteiger partial charge in [-0.15, -0.1) is 0 Å². The Hall–Kier alpha value is -0.900. The molecular formula is C10H17NO3. The second-order valence-corrected chi connectivity index (χ2v) is 4.62. The highest BCUT2D eigenvalue weighted by atomic mass is 16.6. The van der Waals surface area contributed by atoms with Crippen LogP contribution < -0.4 is 5.32 Å². The summed E-state index contributed by atoms with van der Waals surface area (Å²) in [6.07, 6.45) is 1.39. The molecule has 14 heavy (non-hydrogen) atoms. The number of carbonyl (C=O) groups excluding carboxylic acids is 2. The minimum atomic E-state index is -0.448. The Kier molecular flexibility index (Phi) is 3.26. The lowest BCUT2D eigenvalue weighted by atomic mass is 10.1. The second kappa shape index (κ2) is 4.09. The van der Waals surface area contributed by atoms with Gasteiger partial charge in [-0.1, -0.05) is 0 Å². The van der Waals surface area contributed by atoms with Crippen LogP contribution in [0.15, 0.2) is 0 Å². The van der Waals surface area contributed by atoms with Crippen LogP contribution in [-0.4, -0.2) is 30.4 Å². The third-order valence-electron chi connectivity index (χ3n) is 2.07. The van der Waals surface area contributed by atoms with Gasteiger partial charge in [0, 0.05) is 6.54 Å². The van der Waals surface area contributed by atoms with Gasteiger partial charge in [-0.25, -0.2) is 0 Å². The third kappa shape index (κ3) is 3.10. The highest BCUT2D eigenvalue weighted by molar-refractivity contribution is 5.75. The summed E-state index contributed by atoms with van der Waals surface area (Å²) in [7, 11) is 0. The van der Waals surface area contributed by atoms with Crippen molar-refractivity contribution in [1.82, 2.24) is 5.32 Å². The number of nitrogens with one attached hydrogen (secondary N) is 1. The molecule has 1 aliphatic rings. The molecule has 2 atom stereocenters. The van der Waals surface area contributed by atoms with Gasteiger partial charge in [0.25, 0.3) is 0 Å². The van der Waals surface area contributed by atoms with E-state index in [2.05, 4.69) is 5.32 Å². The minimum absolute atomic E-state index is 0.176. The van der Waals surface area contributed by atoms with Crippen LogP contribution >= 0.6 is 0 Å². The van der Waals surface area contributed by atoms with Gasteiger partial charge in [0.15, 0.2) is 0 Å². The fraction of sp³-hybridized carbons (Fsp3) is 0.800. The fourth-order valence-electron chi connectivity index (χ4n) is 1.44. The number of hydrogen-bond donors (Lipinski definition) is 1. The SMILES string of the molecule is CC(C)(C)OC(=O)C1CN[C@H](C=O)C1. The summed E-state index contributed by atoms with van der Waals surface area (Å²) in [5, 5.41) is 2.95. The molecule has 0 saturated carbocycles. The summed E-state index contributed by atoms with van der Waals surface area (Å²) < 4.78 is 5.22. The van der Waals surface area contributed by atoms with Crippen LogP contribution in [0.3, 0.4) is 0 Å². The zero-order valence-corrected chi connectivity index (χ0v) is 8.87. The van der Waals surface area contributed by atoms with E-state index in [4.69, 9.17) is 4.74 Å². The van der Waals surface area contributed by atoms with Gasteiger partial charge in [0.1, 0.15) is 11.9 Å². The van der Waals surface area contributed by atoms with Gasteiger partial charge in [-0.05, 0) is 27.2 Å². The predicted molar refractivity (Wildman–Crippen MR) is 51.8 cm³/mol. The van der Waals surface area contributed by atoms with Crippen LogP contribution in [0.4, 0.5) is 0 Å². The average molecular weight is 199 g/mol. The molecule has 1 saturated heterocycles. The van der Waals surface area contributed by atoms with Gasteiger partial charge in [0.2, 0.25) is 0 Å². The summed E-state index contributed by atoms with van der Waals surface area (Å²) in [5.74, 6) is -0.390. The molecule has 0 aromatic heterocycles. The highest BCUT2D eigenvalue weighted by Gasteiger charge is 2.32. The molecular weight excluding hydrogens is 182 g/mol. The van der Waals surface area contributed by atoms with E-state index < -0.39 is 5.60 Å². The maximum atomic E-state index is 11.5. The van der Waals surface area contributed by atoms with Crippen LogP contribution in [0.25, 0.3) is 0 Å². The van der Waals surface area contributed by atoms with E-state index in [1.165, 1.54) is 0 Å². The van der Waals surface area contributed by atoms with E-state index in [1.54, 1.807) is 0 Å². The smallest absolute Gasteiger partial charge is 0.310 e. The molecule has 80 valence electrons. The van der Waals surface area contributed by atoms with E-state index >= 15 is 0 Å². The van der Waals surface area contributed by atoms with Crippen molar-refractivity contribution in [3.8, 4) is 0 Å². The van der Waals surface area contributed by atoms with Gasteiger partial charge in [-0.2, -0.15) is 0 Å². The maximum absolute atomic E-state index is 11.5. The molecule has 0 radical (unpaired) electrons. The van der Waals surface area contributed by atoms with Gasteiger partial charge in [0.05, 0.1) is 12.0 Å². The van der Waals surface area contributed by atoms with Crippen molar-refractivity contribution in [2.24, 2.45) is 5.92 Å². The standard InChI is InChI=1S/C10H17NO3/c1-10(2,3)14-9(13)7-4-8(6-12)11-5-7/h6-8,11H,4-5H2,1-3H3/t7?,8-/m0/s1. The molecule has 0 spiro atoms. The van der Waals surface area contributed by atoms with E-state index in [9.17, 15) is 9.59 Å². The third-order valence-corrected chi connectivity index (χ3v) is 2.07. The van der Waals surface area contributed by atoms with Crippen molar-refractivity contribution in [2.45, 2.75) is 38.8 Å². The molecule has 1 N–H and O–H groups in total. The summed E-state index contributed by atoms with van der Waals surface area (Å²) in [6, 6.07) is -0.187. The van der Waals surface area contributed by atoms with Crippen molar-refractivity contribution < 1.29 is 14.3 Å². The molecule has 4 heteroatoms. The Balaban J connectivity index is 2.43.